The summed E-state index contributed by atoms with van der Waals surface area (Å²) < 4.78 is 0. The summed E-state index contributed by atoms with van der Waals surface area (Å²) in [4.78, 5) is 27.4. The predicted octanol–water partition coefficient (Wildman–Crippen LogP) is 4.21. The summed E-state index contributed by atoms with van der Waals surface area (Å²) in [6.07, 6.45) is 1.87. The molecule has 1 fully saturated rings. The highest BCUT2D eigenvalue weighted by atomic mass is 16.3. The average molecular weight is 456 g/mol. The molecule has 34 heavy (non-hydrogen) atoms. The van der Waals surface area contributed by atoms with Gasteiger partial charge in [0.2, 0.25) is 5.91 Å². The SMILES string of the molecule is Cc1ccc(NC2CCN(CC(=O)Nc3ccc4c(c3)-c3ccccc3C4=O)CC2)c(CO)c1. The summed E-state index contributed by atoms with van der Waals surface area (Å²) in [5.41, 5.74) is 6.95. The van der Waals surface area contributed by atoms with Crippen LogP contribution in [0.1, 0.15) is 39.9 Å². The molecule has 2 aliphatic rings. The van der Waals surface area contributed by atoms with Crippen LogP contribution in [0.25, 0.3) is 11.1 Å². The van der Waals surface area contributed by atoms with Crippen LogP contribution in [0.15, 0.2) is 60.7 Å². The molecule has 0 bridgehead atoms. The maximum Gasteiger partial charge on any atom is 0.238 e. The summed E-state index contributed by atoms with van der Waals surface area (Å²) in [5, 5.41) is 16.2. The van der Waals surface area contributed by atoms with E-state index in [2.05, 4.69) is 21.6 Å². The molecule has 3 aromatic rings. The Kier molecular flexibility index (Phi) is 6.18. The van der Waals surface area contributed by atoms with Crippen molar-refractivity contribution in [3.63, 3.8) is 0 Å². The van der Waals surface area contributed by atoms with E-state index in [0.717, 1.165) is 53.9 Å². The van der Waals surface area contributed by atoms with Gasteiger partial charge in [-0.1, -0.05) is 42.0 Å². The van der Waals surface area contributed by atoms with Crippen molar-refractivity contribution in [3.8, 4) is 11.1 Å². The maximum absolute atomic E-state index is 12.7. The number of benzene rings is 3. The lowest BCUT2D eigenvalue weighted by Crippen LogP contribution is -2.42. The first-order chi connectivity index (χ1) is 16.5. The van der Waals surface area contributed by atoms with E-state index in [1.807, 2.05) is 49.4 Å². The molecule has 3 aromatic carbocycles. The minimum atomic E-state index is -0.0509. The molecule has 6 nitrogen and oxygen atoms in total. The lowest BCUT2D eigenvalue weighted by Gasteiger charge is -2.32. The Hall–Kier alpha value is -3.48. The fraction of sp³-hybridized carbons (Fsp3) is 0.286. The summed E-state index contributed by atoms with van der Waals surface area (Å²) in [7, 11) is 0. The van der Waals surface area contributed by atoms with Gasteiger partial charge in [-0.3, -0.25) is 14.5 Å². The second kappa shape index (κ2) is 9.41. The third-order valence-electron chi connectivity index (χ3n) is 6.76. The largest absolute Gasteiger partial charge is 0.392 e. The molecular weight excluding hydrogens is 426 g/mol. The van der Waals surface area contributed by atoms with Crippen molar-refractivity contribution in [1.82, 2.24) is 4.90 Å². The van der Waals surface area contributed by atoms with Gasteiger partial charge in [0.05, 0.1) is 13.2 Å². The van der Waals surface area contributed by atoms with Gasteiger partial charge in [0.15, 0.2) is 5.78 Å². The average Bonchev–Trinajstić information content (AvgIpc) is 3.13. The van der Waals surface area contributed by atoms with Crippen LogP contribution in [-0.2, 0) is 11.4 Å². The van der Waals surface area contributed by atoms with Crippen LogP contribution in [0, 0.1) is 6.92 Å². The minimum absolute atomic E-state index is 0.0193. The van der Waals surface area contributed by atoms with Gasteiger partial charge in [-0.25, -0.2) is 0 Å². The van der Waals surface area contributed by atoms with E-state index in [4.69, 9.17) is 0 Å². The lowest BCUT2D eigenvalue weighted by atomic mass is 10.0. The molecule has 1 aliphatic heterocycles. The number of aliphatic hydroxyl groups excluding tert-OH is 1. The summed E-state index contributed by atoms with van der Waals surface area (Å²) in [6, 6.07) is 19.5. The van der Waals surface area contributed by atoms with Crippen LogP contribution >= 0.6 is 0 Å². The van der Waals surface area contributed by atoms with Crippen LogP contribution in [0.3, 0.4) is 0 Å². The number of hydrogen-bond acceptors (Lipinski definition) is 5. The Morgan fingerprint density at radius 1 is 0.971 bits per heavy atom. The molecule has 1 saturated heterocycles. The number of anilines is 2. The van der Waals surface area contributed by atoms with Gasteiger partial charge in [-0.15, -0.1) is 0 Å². The number of amides is 1. The number of aryl methyl sites for hydroxylation is 1. The number of aliphatic hydroxyl groups is 1. The van der Waals surface area contributed by atoms with Crippen LogP contribution in [0.4, 0.5) is 11.4 Å². The first-order valence-corrected chi connectivity index (χ1v) is 11.8. The zero-order valence-electron chi connectivity index (χ0n) is 19.3. The number of nitrogens with one attached hydrogen (secondary N) is 2. The molecule has 0 aromatic heterocycles. The van der Waals surface area contributed by atoms with E-state index in [0.29, 0.717) is 29.4 Å². The molecule has 0 saturated carbocycles. The molecule has 1 amide bonds. The van der Waals surface area contributed by atoms with E-state index < -0.39 is 0 Å². The van der Waals surface area contributed by atoms with E-state index in [9.17, 15) is 14.7 Å². The van der Waals surface area contributed by atoms with Gasteiger partial charge < -0.3 is 15.7 Å². The molecule has 0 atom stereocenters. The van der Waals surface area contributed by atoms with E-state index in [1.165, 1.54) is 0 Å². The number of carbonyl (C=O) groups excluding carboxylic acids is 2. The summed E-state index contributed by atoms with van der Waals surface area (Å²) in [6.45, 7) is 4.04. The molecule has 3 N–H and O–H groups in total. The van der Waals surface area contributed by atoms with Crippen LogP contribution in [-0.4, -0.2) is 47.4 Å². The molecule has 1 heterocycles. The van der Waals surface area contributed by atoms with Gasteiger partial charge in [0.1, 0.15) is 0 Å². The third-order valence-corrected chi connectivity index (χ3v) is 6.76. The molecule has 1 aliphatic carbocycles. The number of hydrogen-bond donors (Lipinski definition) is 3. The van der Waals surface area contributed by atoms with Crippen molar-refractivity contribution in [2.75, 3.05) is 30.3 Å². The zero-order chi connectivity index (χ0) is 23.7. The van der Waals surface area contributed by atoms with Crippen molar-refractivity contribution < 1.29 is 14.7 Å². The molecule has 174 valence electrons. The van der Waals surface area contributed by atoms with Crippen molar-refractivity contribution in [2.45, 2.75) is 32.4 Å². The highest BCUT2D eigenvalue weighted by molar-refractivity contribution is 6.22. The summed E-state index contributed by atoms with van der Waals surface area (Å²) >= 11 is 0. The Labute approximate surface area is 199 Å². The monoisotopic (exact) mass is 455 g/mol. The van der Waals surface area contributed by atoms with Gasteiger partial charge in [-0.2, -0.15) is 0 Å². The first-order valence-electron chi connectivity index (χ1n) is 11.8. The normalized spacial score (nSPS) is 15.6. The Morgan fingerprint density at radius 2 is 1.71 bits per heavy atom. The number of nitrogens with zero attached hydrogens (tertiary/aromatic N) is 1. The van der Waals surface area contributed by atoms with Crippen LogP contribution in [0.2, 0.25) is 0 Å². The number of ketones is 1. The molecule has 5 rings (SSSR count). The number of likely N-dealkylation sites (tertiary alicyclic amines) is 1. The number of rotatable bonds is 6. The first kappa shape index (κ1) is 22.3. The fourth-order valence-electron chi connectivity index (χ4n) is 4.96. The smallest absolute Gasteiger partial charge is 0.238 e. The standard InChI is InChI=1S/C28H29N3O3/c1-18-6-9-26(19(14-18)17-32)29-20-10-12-31(13-11-20)16-27(33)30-21-7-8-24-25(15-21)22-4-2-3-5-23(22)28(24)34/h2-9,14-15,20,29,32H,10-13,16-17H2,1H3,(H,30,33). The highest BCUT2D eigenvalue weighted by Gasteiger charge is 2.27. The van der Waals surface area contributed by atoms with Crippen molar-refractivity contribution in [3.05, 3.63) is 82.9 Å². The molecule has 0 spiro atoms. The minimum Gasteiger partial charge on any atom is -0.392 e. The van der Waals surface area contributed by atoms with Gasteiger partial charge in [0.25, 0.3) is 0 Å². The highest BCUT2D eigenvalue weighted by Crippen LogP contribution is 2.37. The zero-order valence-corrected chi connectivity index (χ0v) is 19.3. The quantitative estimate of drug-likeness (QED) is 0.406. The van der Waals surface area contributed by atoms with E-state index in [-0.39, 0.29) is 18.3 Å². The predicted molar refractivity (Wildman–Crippen MR) is 134 cm³/mol. The summed E-state index contributed by atoms with van der Waals surface area (Å²) in [5.74, 6) is -0.0122. The van der Waals surface area contributed by atoms with Crippen LogP contribution < -0.4 is 10.6 Å². The molecular formula is C28H29N3O3. The lowest BCUT2D eigenvalue weighted by molar-refractivity contribution is -0.117. The fourth-order valence-corrected chi connectivity index (χ4v) is 4.96. The second-order valence-electron chi connectivity index (χ2n) is 9.20. The molecule has 0 unspecified atom stereocenters. The van der Waals surface area contributed by atoms with Gasteiger partial charge in [-0.05, 0) is 55.2 Å². The Morgan fingerprint density at radius 3 is 2.47 bits per heavy atom. The van der Waals surface area contributed by atoms with Crippen molar-refractivity contribution in [1.29, 1.82) is 0 Å². The van der Waals surface area contributed by atoms with Gasteiger partial charge in [0, 0.05) is 47.2 Å². The van der Waals surface area contributed by atoms with Gasteiger partial charge >= 0.3 is 0 Å². The molecule has 0 radical (unpaired) electrons. The second-order valence-corrected chi connectivity index (χ2v) is 9.20. The number of piperidine rings is 1. The topological polar surface area (TPSA) is 81.7 Å². The van der Waals surface area contributed by atoms with E-state index >= 15 is 0 Å². The maximum atomic E-state index is 12.7. The molecule has 6 heteroatoms. The van der Waals surface area contributed by atoms with Crippen molar-refractivity contribution in [2.24, 2.45) is 0 Å². The Balaban J connectivity index is 1.16. The number of carbonyl (C=O) groups is 2. The van der Waals surface area contributed by atoms with Crippen LogP contribution in [0.5, 0.6) is 0 Å². The third kappa shape index (κ3) is 4.47. The Bertz CT molecular complexity index is 1250. The van der Waals surface area contributed by atoms with E-state index in [1.54, 1.807) is 12.1 Å². The van der Waals surface area contributed by atoms with Crippen molar-refractivity contribution >= 4 is 23.1 Å². The number of fused-ring (bicyclic) bond motifs is 3.